The zero-order valence-electron chi connectivity index (χ0n) is 29.2. The summed E-state index contributed by atoms with van der Waals surface area (Å²) >= 11 is 1.85. The lowest BCUT2D eigenvalue weighted by molar-refractivity contribution is 0.936. The smallest absolute Gasteiger partial charge is 0.246 e. The van der Waals surface area contributed by atoms with E-state index in [-0.39, 0.29) is 0 Å². The molecule has 11 rings (SSSR count). The molecule has 4 nitrogen and oxygen atoms in total. The maximum Gasteiger partial charge on any atom is 0.251 e. The topological polar surface area (TPSA) is 32.3 Å². The van der Waals surface area contributed by atoms with E-state index in [9.17, 15) is 0 Å². The number of fused-ring (bicyclic) bond motifs is 13. The van der Waals surface area contributed by atoms with Crippen LogP contribution in [0.15, 0.2) is 158 Å². The molecule has 0 bridgehead atoms. The van der Waals surface area contributed by atoms with Crippen LogP contribution in [0.5, 0.6) is 0 Å². The third kappa shape index (κ3) is 4.44. The summed E-state index contributed by atoms with van der Waals surface area (Å²) in [5.74, 6) is 0.622. The number of rotatable bonds is 3. The number of nitrogens with zero attached hydrogens (tertiary/aromatic N) is 4. The van der Waals surface area contributed by atoms with Gasteiger partial charge in [0.1, 0.15) is 15.7 Å². The Bertz CT molecular complexity index is 3120. The summed E-state index contributed by atoms with van der Waals surface area (Å²) in [6.45, 7) is 0. The highest BCUT2D eigenvalue weighted by Gasteiger charge is 2.38. The summed E-state index contributed by atoms with van der Waals surface area (Å²) < 4.78 is 2.47. The molecule has 3 heterocycles. The fourth-order valence-corrected chi connectivity index (χ4v) is 9.70. The third-order valence-corrected chi connectivity index (χ3v) is 11.9. The van der Waals surface area contributed by atoms with Crippen LogP contribution >= 0.6 is 11.3 Å². The number of hydrogen-bond donors (Lipinski definition) is 0. The summed E-state index contributed by atoms with van der Waals surface area (Å²) in [7, 11) is 4.37. The highest BCUT2D eigenvalue weighted by Crippen LogP contribution is 2.58. The van der Waals surface area contributed by atoms with E-state index in [1.807, 2.05) is 11.3 Å². The highest BCUT2D eigenvalue weighted by molar-refractivity contribution is 7.26. The van der Waals surface area contributed by atoms with Crippen molar-refractivity contribution < 1.29 is 0 Å². The molecule has 0 amide bonds. The van der Waals surface area contributed by atoms with E-state index in [1.165, 1.54) is 63.8 Å². The number of benzene rings is 8. The van der Waals surface area contributed by atoms with E-state index in [1.54, 1.807) is 0 Å². The molecule has 0 spiro atoms. The molecule has 0 atom stereocenters. The first-order valence-corrected chi connectivity index (χ1v) is 18.8. The monoisotopic (exact) mass is 692 g/mol. The van der Waals surface area contributed by atoms with Crippen molar-refractivity contribution in [3.05, 3.63) is 158 Å². The lowest BCUT2D eigenvalue weighted by atomic mass is 9.84. The van der Waals surface area contributed by atoms with E-state index in [0.717, 1.165) is 39.2 Å². The van der Waals surface area contributed by atoms with Gasteiger partial charge in [0.15, 0.2) is 0 Å². The van der Waals surface area contributed by atoms with Crippen LogP contribution in [0.1, 0.15) is 0 Å². The summed E-state index contributed by atoms with van der Waals surface area (Å²) in [5, 5.41) is 13.2. The van der Waals surface area contributed by atoms with Gasteiger partial charge in [-0.25, -0.2) is 20.0 Å². The molecule has 53 heavy (non-hydrogen) atoms. The first-order valence-electron chi connectivity index (χ1n) is 18.0. The Morgan fingerprint density at radius 3 is 2.02 bits per heavy atom. The van der Waals surface area contributed by atoms with Crippen LogP contribution in [0, 0.1) is 0 Å². The van der Waals surface area contributed by atoms with E-state index in [0.29, 0.717) is 5.95 Å². The molecule has 0 fully saturated rings. The number of para-hydroxylation sites is 1. The summed E-state index contributed by atoms with van der Waals surface area (Å²) in [4.78, 5) is 11.0. The molecule has 0 radical (unpaired) electrons. The van der Waals surface area contributed by atoms with Gasteiger partial charge in [-0.15, -0.1) is 11.3 Å². The number of anilines is 4. The van der Waals surface area contributed by atoms with Gasteiger partial charge in [-0.2, -0.15) is 0 Å². The average molecular weight is 692 g/mol. The maximum atomic E-state index is 5.57. The quantitative estimate of drug-likeness (QED) is 0.173. The Balaban J connectivity index is 1.38. The minimum Gasteiger partial charge on any atom is -0.246 e. The van der Waals surface area contributed by atoms with Crippen LogP contribution in [-0.2, 0) is 0 Å². The zero-order valence-corrected chi connectivity index (χ0v) is 30.0. The van der Waals surface area contributed by atoms with Crippen LogP contribution in [-0.4, -0.2) is 25.7 Å². The second kappa shape index (κ2) is 11.5. The van der Waals surface area contributed by atoms with Crippen molar-refractivity contribution in [2.75, 3.05) is 10.0 Å². The molecular weight excluding hydrogens is 662 g/mol. The lowest BCUT2D eigenvalue weighted by Crippen LogP contribution is -2.42. The van der Waals surface area contributed by atoms with Gasteiger partial charge in [-0.1, -0.05) is 144 Å². The molecule has 0 N–H and O–H groups in total. The first-order chi connectivity index (χ1) is 26.1. The Hall–Kier alpha value is -6.43. The van der Waals surface area contributed by atoms with E-state index >= 15 is 0 Å². The number of hydrogen-bond acceptors (Lipinski definition) is 5. The van der Waals surface area contributed by atoms with Gasteiger partial charge in [-0.05, 0) is 45.8 Å². The molecule has 7 heteroatoms. The summed E-state index contributed by atoms with van der Waals surface area (Å²) in [5.41, 5.74) is 10.9. The third-order valence-electron chi connectivity index (χ3n) is 10.7. The van der Waals surface area contributed by atoms with Crippen molar-refractivity contribution in [3.8, 4) is 22.4 Å². The van der Waals surface area contributed by atoms with Crippen molar-refractivity contribution in [1.29, 1.82) is 0 Å². The predicted octanol–water partition coefficient (Wildman–Crippen LogP) is 9.36. The molecule has 1 aliphatic heterocycles. The van der Waals surface area contributed by atoms with Gasteiger partial charge < -0.3 is 0 Å². The molecule has 0 saturated carbocycles. The largest absolute Gasteiger partial charge is 0.251 e. The van der Waals surface area contributed by atoms with Crippen molar-refractivity contribution in [2.45, 2.75) is 0 Å². The van der Waals surface area contributed by atoms with Gasteiger partial charge in [-0.3, -0.25) is 0 Å². The zero-order chi connectivity index (χ0) is 35.2. The van der Waals surface area contributed by atoms with Crippen LogP contribution < -0.4 is 20.9 Å². The van der Waals surface area contributed by atoms with Crippen molar-refractivity contribution in [1.82, 2.24) is 9.97 Å². The molecule has 8 aromatic carbocycles. The van der Waals surface area contributed by atoms with Crippen LogP contribution in [0.25, 0.3) is 75.0 Å². The Morgan fingerprint density at radius 1 is 0.509 bits per heavy atom. The summed E-state index contributed by atoms with van der Waals surface area (Å²) in [6.07, 6.45) is 0. The van der Waals surface area contributed by atoms with E-state index in [4.69, 9.17) is 9.97 Å². The lowest BCUT2D eigenvalue weighted by Gasteiger charge is -2.44. The second-order valence-corrected chi connectivity index (χ2v) is 15.0. The van der Waals surface area contributed by atoms with Gasteiger partial charge in [0.25, 0.3) is 5.95 Å². The van der Waals surface area contributed by atoms with Crippen LogP contribution in [0.2, 0.25) is 0 Å². The van der Waals surface area contributed by atoms with Gasteiger partial charge >= 0.3 is 0 Å². The summed E-state index contributed by atoms with van der Waals surface area (Å²) in [6, 6.07) is 56.7. The van der Waals surface area contributed by atoms with Crippen molar-refractivity contribution >= 4 is 114 Å². The fraction of sp³-hybridized carbons (Fsp3) is 0. The molecule has 246 valence electrons. The number of thiophene rings is 1. The molecule has 1 aliphatic rings. The first kappa shape index (κ1) is 30.2. The minimum absolute atomic E-state index is 0.622. The number of aromatic nitrogens is 2. The van der Waals surface area contributed by atoms with Gasteiger partial charge in [0.2, 0.25) is 0 Å². The predicted molar refractivity (Wildman–Crippen MR) is 232 cm³/mol. The van der Waals surface area contributed by atoms with Gasteiger partial charge in [0.05, 0.1) is 33.0 Å². The fourth-order valence-electron chi connectivity index (χ4n) is 8.45. The minimum atomic E-state index is 0.622. The second-order valence-electron chi connectivity index (χ2n) is 13.9. The molecule has 0 aliphatic carbocycles. The van der Waals surface area contributed by atoms with Crippen molar-refractivity contribution in [3.63, 3.8) is 0 Å². The van der Waals surface area contributed by atoms with Crippen molar-refractivity contribution in [2.24, 2.45) is 0 Å². The molecule has 2 aromatic heterocycles. The maximum absolute atomic E-state index is 5.57. The number of hydrazine groups is 1. The standard InChI is InChI=1S/C46H30B2N4S/c47-29-23-25-37(35(48)26-29)51-38-24-22-27-12-4-5-15-30(27)41(38)42-32-17-7-6-16-31(32)40-34-19-9-11-21-39(34)53-45(40)44(42)52(51)46-49-36-20-10-8-18-33(36)43(50-46)28-13-2-1-3-14-28/h1-26H,47-48H2. The molecular formula is C46H30B2N4S. The Morgan fingerprint density at radius 2 is 1.19 bits per heavy atom. The Kier molecular flexibility index (Phi) is 6.58. The molecule has 0 saturated heterocycles. The SMILES string of the molecule is Bc1ccc(N2c3ccc4ccccc4c3-c3c(c4sc5ccccc5c4c4ccccc34)N2c2nc(-c3ccccc3)c3ccccc3n2)c(B)c1. The molecule has 10 aromatic rings. The highest BCUT2D eigenvalue weighted by atomic mass is 32.1. The average Bonchev–Trinajstić information content (AvgIpc) is 3.60. The Labute approximate surface area is 312 Å². The van der Waals surface area contributed by atoms with E-state index in [2.05, 4.69) is 183 Å². The van der Waals surface area contributed by atoms with Crippen LogP contribution in [0.4, 0.5) is 23.0 Å². The van der Waals surface area contributed by atoms with E-state index < -0.39 is 0 Å². The normalized spacial score (nSPS) is 12.6. The van der Waals surface area contributed by atoms with Crippen LogP contribution in [0.3, 0.4) is 0 Å². The van der Waals surface area contributed by atoms with Gasteiger partial charge in [0, 0.05) is 37.5 Å². The molecule has 0 unspecified atom stereocenters.